The van der Waals surface area contributed by atoms with E-state index in [2.05, 4.69) is 0 Å². The predicted octanol–water partition coefficient (Wildman–Crippen LogP) is 2.23. The van der Waals surface area contributed by atoms with Crippen LogP contribution in [0.15, 0.2) is 29.2 Å². The van der Waals surface area contributed by atoms with Gasteiger partial charge in [0.15, 0.2) is 5.25 Å². The Bertz CT molecular complexity index is 593. The summed E-state index contributed by atoms with van der Waals surface area (Å²) in [4.78, 5) is 1.13. The van der Waals surface area contributed by atoms with Gasteiger partial charge in [0, 0.05) is 23.7 Å². The molecule has 0 N–H and O–H groups in total. The lowest BCUT2D eigenvalue weighted by molar-refractivity contribution is 0.421. The summed E-state index contributed by atoms with van der Waals surface area (Å²) in [5, 5.41) is 8.05. The SMILES string of the molecule is CCC(C#N)S(=O)(=O)N1CCSc2ccccc2C1. The molecular formula is C13H16N2O2S2. The van der Waals surface area contributed by atoms with Crippen molar-refractivity contribution in [1.29, 1.82) is 5.26 Å². The molecule has 19 heavy (non-hydrogen) atoms. The molecule has 0 radical (unpaired) electrons. The molecule has 0 aromatic heterocycles. The second-order valence-electron chi connectivity index (χ2n) is 4.36. The van der Waals surface area contributed by atoms with Crippen LogP contribution in [-0.2, 0) is 16.6 Å². The van der Waals surface area contributed by atoms with Crippen molar-refractivity contribution in [3.05, 3.63) is 29.8 Å². The molecule has 0 spiro atoms. The molecule has 0 bridgehead atoms. The van der Waals surface area contributed by atoms with Gasteiger partial charge in [-0.05, 0) is 18.1 Å². The first-order valence-electron chi connectivity index (χ1n) is 6.19. The Kier molecular flexibility index (Phi) is 4.50. The lowest BCUT2D eigenvalue weighted by Crippen LogP contribution is -2.38. The molecule has 0 aliphatic carbocycles. The number of fused-ring (bicyclic) bond motifs is 1. The fourth-order valence-corrected chi connectivity index (χ4v) is 4.79. The summed E-state index contributed by atoms with van der Waals surface area (Å²) < 4.78 is 26.3. The average molecular weight is 296 g/mol. The van der Waals surface area contributed by atoms with Crippen LogP contribution in [0.5, 0.6) is 0 Å². The van der Waals surface area contributed by atoms with Crippen LogP contribution >= 0.6 is 11.8 Å². The van der Waals surface area contributed by atoms with Gasteiger partial charge >= 0.3 is 0 Å². The Morgan fingerprint density at radius 1 is 1.47 bits per heavy atom. The van der Waals surface area contributed by atoms with Crippen LogP contribution in [-0.4, -0.2) is 30.3 Å². The van der Waals surface area contributed by atoms with Gasteiger partial charge < -0.3 is 0 Å². The quantitative estimate of drug-likeness (QED) is 0.858. The van der Waals surface area contributed by atoms with Crippen molar-refractivity contribution in [3.8, 4) is 6.07 Å². The fraction of sp³-hybridized carbons (Fsp3) is 0.462. The second kappa shape index (κ2) is 5.95. The molecule has 1 atom stereocenters. The van der Waals surface area contributed by atoms with Crippen molar-refractivity contribution >= 4 is 21.8 Å². The van der Waals surface area contributed by atoms with Gasteiger partial charge in [-0.15, -0.1) is 11.8 Å². The summed E-state index contributed by atoms with van der Waals surface area (Å²) in [6, 6.07) is 9.73. The van der Waals surface area contributed by atoms with Gasteiger partial charge in [0.2, 0.25) is 10.0 Å². The van der Waals surface area contributed by atoms with Crippen LogP contribution in [0.4, 0.5) is 0 Å². The van der Waals surface area contributed by atoms with E-state index in [4.69, 9.17) is 5.26 Å². The van der Waals surface area contributed by atoms with Crippen molar-refractivity contribution in [2.45, 2.75) is 30.0 Å². The Labute approximate surface area is 118 Å². The highest BCUT2D eigenvalue weighted by molar-refractivity contribution is 7.99. The van der Waals surface area contributed by atoms with E-state index >= 15 is 0 Å². The normalized spacial score (nSPS) is 18.1. The van der Waals surface area contributed by atoms with Gasteiger partial charge in [-0.2, -0.15) is 9.57 Å². The zero-order valence-corrected chi connectivity index (χ0v) is 12.4. The van der Waals surface area contributed by atoms with E-state index in [1.165, 1.54) is 4.31 Å². The Balaban J connectivity index is 2.31. The third-order valence-electron chi connectivity index (χ3n) is 3.15. The van der Waals surface area contributed by atoms with E-state index in [-0.39, 0.29) is 0 Å². The van der Waals surface area contributed by atoms with Gasteiger partial charge in [-0.25, -0.2) is 8.42 Å². The molecule has 1 aromatic rings. The fourth-order valence-electron chi connectivity index (χ4n) is 2.07. The van der Waals surface area contributed by atoms with Gasteiger partial charge in [0.05, 0.1) is 6.07 Å². The Morgan fingerprint density at radius 2 is 2.21 bits per heavy atom. The average Bonchev–Trinajstić information content (AvgIpc) is 2.62. The minimum absolute atomic E-state index is 0.324. The first-order chi connectivity index (χ1) is 9.09. The molecule has 1 aliphatic heterocycles. The van der Waals surface area contributed by atoms with Crippen molar-refractivity contribution in [3.63, 3.8) is 0 Å². The maximum Gasteiger partial charge on any atom is 0.230 e. The summed E-state index contributed by atoms with van der Waals surface area (Å²) >= 11 is 1.67. The van der Waals surface area contributed by atoms with Crippen LogP contribution in [0, 0.1) is 11.3 Å². The topological polar surface area (TPSA) is 61.2 Å². The maximum absolute atomic E-state index is 12.4. The van der Waals surface area contributed by atoms with Gasteiger partial charge in [0.25, 0.3) is 0 Å². The van der Waals surface area contributed by atoms with Crippen LogP contribution in [0.25, 0.3) is 0 Å². The van der Waals surface area contributed by atoms with E-state index in [1.807, 2.05) is 30.3 Å². The van der Waals surface area contributed by atoms with E-state index in [0.717, 1.165) is 16.2 Å². The van der Waals surface area contributed by atoms with E-state index in [9.17, 15) is 8.42 Å². The van der Waals surface area contributed by atoms with E-state index in [1.54, 1.807) is 18.7 Å². The molecule has 0 fully saturated rings. The molecule has 1 heterocycles. The van der Waals surface area contributed by atoms with E-state index < -0.39 is 15.3 Å². The van der Waals surface area contributed by atoms with Crippen LogP contribution in [0.1, 0.15) is 18.9 Å². The molecule has 1 unspecified atom stereocenters. The zero-order valence-electron chi connectivity index (χ0n) is 10.7. The number of nitrogens with zero attached hydrogens (tertiary/aromatic N) is 2. The summed E-state index contributed by atoms with van der Waals surface area (Å²) in [6.07, 6.45) is 0.324. The lowest BCUT2D eigenvalue weighted by Gasteiger charge is -2.22. The number of sulfonamides is 1. The molecule has 4 nitrogen and oxygen atoms in total. The van der Waals surface area contributed by atoms with Crippen molar-refractivity contribution < 1.29 is 8.42 Å². The smallest absolute Gasteiger partial charge is 0.211 e. The first-order valence-corrected chi connectivity index (χ1v) is 8.67. The monoisotopic (exact) mass is 296 g/mol. The predicted molar refractivity (Wildman–Crippen MR) is 76.2 cm³/mol. The largest absolute Gasteiger partial charge is 0.230 e. The summed E-state index contributed by atoms with van der Waals surface area (Å²) in [5.74, 6) is 0.720. The number of benzene rings is 1. The molecule has 0 saturated heterocycles. The number of thioether (sulfide) groups is 1. The minimum Gasteiger partial charge on any atom is -0.211 e. The lowest BCUT2D eigenvalue weighted by atomic mass is 10.2. The highest BCUT2D eigenvalue weighted by atomic mass is 32.2. The third-order valence-corrected chi connectivity index (χ3v) is 6.44. The maximum atomic E-state index is 12.4. The summed E-state index contributed by atoms with van der Waals surface area (Å²) in [5.41, 5.74) is 1.02. The van der Waals surface area contributed by atoms with Crippen molar-refractivity contribution in [2.24, 2.45) is 0 Å². The number of hydrogen-bond donors (Lipinski definition) is 0. The van der Waals surface area contributed by atoms with E-state index in [0.29, 0.717) is 19.5 Å². The number of rotatable bonds is 3. The zero-order chi connectivity index (χ0) is 13.9. The van der Waals surface area contributed by atoms with Crippen LogP contribution in [0.3, 0.4) is 0 Å². The second-order valence-corrected chi connectivity index (χ2v) is 7.61. The molecular weight excluding hydrogens is 280 g/mol. The van der Waals surface area contributed by atoms with Gasteiger partial charge in [-0.1, -0.05) is 25.1 Å². The molecule has 1 aromatic carbocycles. The standard InChI is InChI=1S/C13H16N2O2S2/c1-2-12(9-14)19(16,17)15-7-8-18-13-6-4-3-5-11(13)10-15/h3-6,12H,2,7-8,10H2,1H3. The Morgan fingerprint density at radius 3 is 2.89 bits per heavy atom. The summed E-state index contributed by atoms with van der Waals surface area (Å²) in [6.45, 7) is 2.55. The van der Waals surface area contributed by atoms with Gasteiger partial charge in [0.1, 0.15) is 0 Å². The van der Waals surface area contributed by atoms with Crippen LogP contribution in [0.2, 0.25) is 0 Å². The molecule has 2 rings (SSSR count). The molecule has 102 valence electrons. The van der Waals surface area contributed by atoms with Crippen LogP contribution < -0.4 is 0 Å². The van der Waals surface area contributed by atoms with Crippen molar-refractivity contribution in [1.82, 2.24) is 4.31 Å². The molecule has 0 amide bonds. The molecule has 6 heteroatoms. The molecule has 0 saturated carbocycles. The van der Waals surface area contributed by atoms with Crippen molar-refractivity contribution in [2.75, 3.05) is 12.3 Å². The summed E-state index contributed by atoms with van der Waals surface area (Å²) in [7, 11) is -3.53. The first kappa shape index (κ1) is 14.4. The van der Waals surface area contributed by atoms with Gasteiger partial charge in [-0.3, -0.25) is 0 Å². The molecule has 1 aliphatic rings. The minimum atomic E-state index is -3.53. The Hall–Kier alpha value is -1.03. The highest BCUT2D eigenvalue weighted by Gasteiger charge is 2.32. The third kappa shape index (κ3) is 2.94. The number of nitriles is 1. The highest BCUT2D eigenvalue weighted by Crippen LogP contribution is 2.29. The number of hydrogen-bond acceptors (Lipinski definition) is 4.